The van der Waals surface area contributed by atoms with Gasteiger partial charge in [-0.1, -0.05) is 0 Å². The Hall–Kier alpha value is -1.83. The van der Waals surface area contributed by atoms with Crippen LogP contribution in [-0.4, -0.2) is 41.3 Å². The summed E-state index contributed by atoms with van der Waals surface area (Å²) in [6, 6.07) is 1.76. The molecule has 0 radical (unpaired) electrons. The summed E-state index contributed by atoms with van der Waals surface area (Å²) in [4.78, 5) is 11.9. The zero-order valence-corrected chi connectivity index (χ0v) is 10.8. The number of rotatable bonds is 1. The second kappa shape index (κ2) is 4.62. The molecule has 1 aliphatic rings. The number of fused-ring (bicyclic) bond motifs is 1. The molecule has 2 aromatic rings. The van der Waals surface area contributed by atoms with Crippen LogP contribution < -0.4 is 4.90 Å². The highest BCUT2D eigenvalue weighted by Gasteiger charge is 2.36. The Morgan fingerprint density at radius 1 is 1.25 bits per heavy atom. The average Bonchev–Trinajstić information content (AvgIpc) is 2.77. The van der Waals surface area contributed by atoms with Crippen molar-refractivity contribution in [3.63, 3.8) is 0 Å². The van der Waals surface area contributed by atoms with Crippen molar-refractivity contribution in [2.24, 2.45) is 0 Å². The van der Waals surface area contributed by atoms with Crippen molar-refractivity contribution in [2.45, 2.75) is 13.1 Å². The van der Waals surface area contributed by atoms with E-state index in [1.807, 2.05) is 0 Å². The second-order valence-corrected chi connectivity index (χ2v) is 4.68. The van der Waals surface area contributed by atoms with Crippen LogP contribution in [-0.2, 0) is 10.9 Å². The number of ether oxygens (including phenoxy) is 1. The van der Waals surface area contributed by atoms with E-state index in [9.17, 15) is 13.2 Å². The van der Waals surface area contributed by atoms with Crippen molar-refractivity contribution in [1.29, 1.82) is 0 Å². The maximum Gasteiger partial charge on any atom is 0.451 e. The fraction of sp³-hybridized carbons (Fsp3) is 0.500. The first-order chi connectivity index (χ1) is 9.45. The Bertz CT molecular complexity index is 631. The summed E-state index contributed by atoms with van der Waals surface area (Å²) in [6.45, 7) is 3.78. The molecule has 1 aliphatic heterocycles. The smallest absolute Gasteiger partial charge is 0.378 e. The molecule has 8 heteroatoms. The van der Waals surface area contributed by atoms with E-state index < -0.39 is 12.0 Å². The largest absolute Gasteiger partial charge is 0.451 e. The zero-order chi connectivity index (χ0) is 14.3. The van der Waals surface area contributed by atoms with E-state index in [1.54, 1.807) is 17.9 Å². The van der Waals surface area contributed by atoms with Gasteiger partial charge in [0.25, 0.3) is 0 Å². The van der Waals surface area contributed by atoms with E-state index >= 15 is 0 Å². The molecule has 1 N–H and O–H groups in total. The predicted octanol–water partition coefficient (Wildman–Crippen LogP) is 2.12. The predicted molar refractivity (Wildman–Crippen MR) is 66.7 cm³/mol. The molecule has 0 spiro atoms. The van der Waals surface area contributed by atoms with E-state index in [2.05, 4.69) is 15.0 Å². The molecule has 0 atom stereocenters. The summed E-state index contributed by atoms with van der Waals surface area (Å²) >= 11 is 0. The van der Waals surface area contributed by atoms with Gasteiger partial charge < -0.3 is 14.6 Å². The van der Waals surface area contributed by atoms with Crippen LogP contribution in [0.25, 0.3) is 11.0 Å². The molecule has 1 saturated heterocycles. The van der Waals surface area contributed by atoms with Crippen LogP contribution in [0.1, 0.15) is 11.5 Å². The summed E-state index contributed by atoms with van der Waals surface area (Å²) < 4.78 is 43.9. The third-order valence-electron chi connectivity index (χ3n) is 3.17. The molecule has 5 nitrogen and oxygen atoms in total. The van der Waals surface area contributed by atoms with Gasteiger partial charge in [-0.2, -0.15) is 13.2 Å². The van der Waals surface area contributed by atoms with E-state index in [1.165, 1.54) is 0 Å². The van der Waals surface area contributed by atoms with E-state index in [4.69, 9.17) is 4.74 Å². The highest BCUT2D eigenvalue weighted by Crippen LogP contribution is 2.32. The summed E-state index contributed by atoms with van der Waals surface area (Å²) in [5.74, 6) is -0.802. The number of aromatic amines is 1. The van der Waals surface area contributed by atoms with Crippen LogP contribution >= 0.6 is 0 Å². The van der Waals surface area contributed by atoms with Gasteiger partial charge in [0.2, 0.25) is 5.82 Å². The number of morpholine rings is 1. The lowest BCUT2D eigenvalue weighted by molar-refractivity contribution is -0.144. The topological polar surface area (TPSA) is 54.0 Å². The number of alkyl halides is 3. The molecule has 0 bridgehead atoms. The van der Waals surface area contributed by atoms with Crippen LogP contribution in [0, 0.1) is 6.92 Å². The van der Waals surface area contributed by atoms with Crippen molar-refractivity contribution in [1.82, 2.24) is 15.0 Å². The van der Waals surface area contributed by atoms with Gasteiger partial charge in [0, 0.05) is 18.8 Å². The van der Waals surface area contributed by atoms with Gasteiger partial charge in [0.05, 0.1) is 18.6 Å². The zero-order valence-electron chi connectivity index (χ0n) is 10.8. The van der Waals surface area contributed by atoms with Gasteiger partial charge in [-0.05, 0) is 13.0 Å². The number of hydrogen-bond donors (Lipinski definition) is 1. The molecule has 0 amide bonds. The minimum atomic E-state index is -4.56. The number of nitrogens with zero attached hydrogens (tertiary/aromatic N) is 3. The highest BCUT2D eigenvalue weighted by molar-refractivity contribution is 5.88. The first kappa shape index (κ1) is 13.2. The molecule has 1 fully saturated rings. The Kier molecular flexibility index (Phi) is 3.04. The first-order valence-corrected chi connectivity index (χ1v) is 6.22. The van der Waals surface area contributed by atoms with Gasteiger partial charge in [0.15, 0.2) is 0 Å². The third kappa shape index (κ3) is 2.31. The number of nitrogens with one attached hydrogen (secondary N) is 1. The Morgan fingerprint density at radius 3 is 2.60 bits per heavy atom. The molecule has 2 aromatic heterocycles. The number of halogens is 3. The van der Waals surface area contributed by atoms with Gasteiger partial charge in [-0.3, -0.25) is 0 Å². The fourth-order valence-corrected chi connectivity index (χ4v) is 2.27. The maximum atomic E-state index is 12.9. The van der Waals surface area contributed by atoms with Crippen molar-refractivity contribution >= 4 is 16.9 Å². The lowest BCUT2D eigenvalue weighted by Crippen LogP contribution is -2.37. The lowest BCUT2D eigenvalue weighted by Gasteiger charge is -2.28. The van der Waals surface area contributed by atoms with Gasteiger partial charge in [0.1, 0.15) is 11.5 Å². The minimum Gasteiger partial charge on any atom is -0.378 e. The monoisotopic (exact) mass is 286 g/mol. The molecule has 3 heterocycles. The first-order valence-electron chi connectivity index (χ1n) is 6.22. The summed E-state index contributed by atoms with van der Waals surface area (Å²) in [5, 5.41) is 0.609. The fourth-order valence-electron chi connectivity index (χ4n) is 2.27. The summed E-state index contributed by atoms with van der Waals surface area (Å²) in [5.41, 5.74) is 0.967. The minimum absolute atomic E-state index is 0.214. The standard InChI is InChI=1S/C12H13F3N4O/c1-7-6-8-9(16-7)17-11(12(13,14)15)18-10(8)19-2-4-20-5-3-19/h6H,2-5H2,1H3,(H,16,17,18). The Labute approximate surface area is 112 Å². The van der Waals surface area contributed by atoms with Crippen LogP contribution in [0.4, 0.5) is 19.0 Å². The molecule has 0 unspecified atom stereocenters. The van der Waals surface area contributed by atoms with Gasteiger partial charge in [-0.25, -0.2) is 9.97 Å². The molecule has 108 valence electrons. The van der Waals surface area contributed by atoms with Crippen LogP contribution in [0.15, 0.2) is 6.07 Å². The summed E-state index contributed by atoms with van der Waals surface area (Å²) in [6.07, 6.45) is -4.56. The molecule has 20 heavy (non-hydrogen) atoms. The number of aromatic nitrogens is 3. The van der Waals surface area contributed by atoms with Crippen LogP contribution in [0.3, 0.4) is 0 Å². The van der Waals surface area contributed by atoms with Gasteiger partial charge >= 0.3 is 6.18 Å². The Morgan fingerprint density at radius 2 is 1.95 bits per heavy atom. The number of aryl methyl sites for hydroxylation is 1. The molecule has 3 rings (SSSR count). The number of H-pyrrole nitrogens is 1. The normalized spacial score (nSPS) is 16.9. The van der Waals surface area contributed by atoms with Crippen LogP contribution in [0.5, 0.6) is 0 Å². The molecule has 0 saturated carbocycles. The molecule has 0 aromatic carbocycles. The van der Waals surface area contributed by atoms with Gasteiger partial charge in [-0.15, -0.1) is 0 Å². The quantitative estimate of drug-likeness (QED) is 0.872. The average molecular weight is 286 g/mol. The summed E-state index contributed by atoms with van der Waals surface area (Å²) in [7, 11) is 0. The molecular formula is C12H13F3N4O. The van der Waals surface area contributed by atoms with Crippen LogP contribution in [0.2, 0.25) is 0 Å². The molecular weight excluding hydrogens is 273 g/mol. The highest BCUT2D eigenvalue weighted by atomic mass is 19.4. The van der Waals surface area contributed by atoms with E-state index in [-0.39, 0.29) is 5.65 Å². The van der Waals surface area contributed by atoms with Crippen molar-refractivity contribution in [3.05, 3.63) is 17.6 Å². The van der Waals surface area contributed by atoms with E-state index in [0.717, 1.165) is 5.69 Å². The van der Waals surface area contributed by atoms with E-state index in [0.29, 0.717) is 37.5 Å². The number of hydrogen-bond acceptors (Lipinski definition) is 4. The number of anilines is 1. The van der Waals surface area contributed by atoms with Crippen molar-refractivity contribution < 1.29 is 17.9 Å². The lowest BCUT2D eigenvalue weighted by atomic mass is 10.3. The Balaban J connectivity index is 2.16. The third-order valence-corrected chi connectivity index (χ3v) is 3.17. The van der Waals surface area contributed by atoms with Crippen molar-refractivity contribution in [3.8, 4) is 0 Å². The maximum absolute atomic E-state index is 12.9. The second-order valence-electron chi connectivity index (χ2n) is 4.68. The van der Waals surface area contributed by atoms with Crippen molar-refractivity contribution in [2.75, 3.05) is 31.2 Å². The molecule has 0 aliphatic carbocycles. The SMILES string of the molecule is Cc1cc2c(N3CCOCC3)nc(C(F)(F)F)nc2[nH]1.